The van der Waals surface area contributed by atoms with Crippen LogP contribution in [0.2, 0.25) is 0 Å². The number of hydrazone groups is 1. The summed E-state index contributed by atoms with van der Waals surface area (Å²) in [5, 5.41) is 4.21. The minimum Gasteiger partial charge on any atom is -0.497 e. The number of aryl methyl sites for hydroxylation is 1. The van der Waals surface area contributed by atoms with Crippen molar-refractivity contribution >= 4 is 17.8 Å². The second kappa shape index (κ2) is 8.50. The van der Waals surface area contributed by atoms with Crippen LogP contribution in [-0.4, -0.2) is 30.8 Å². The number of benzene rings is 2. The maximum absolute atomic E-state index is 12.4. The van der Waals surface area contributed by atoms with Crippen LogP contribution in [0.25, 0.3) is 0 Å². The van der Waals surface area contributed by atoms with Crippen molar-refractivity contribution in [1.82, 2.24) is 5.43 Å². The van der Waals surface area contributed by atoms with Crippen molar-refractivity contribution in [2.45, 2.75) is 65.5 Å². The molecule has 0 aliphatic carbocycles. The van der Waals surface area contributed by atoms with E-state index in [1.54, 1.807) is 37.6 Å². The van der Waals surface area contributed by atoms with Crippen molar-refractivity contribution < 1.29 is 9.53 Å². The zero-order valence-corrected chi connectivity index (χ0v) is 19.1. The monoisotopic (exact) mass is 407 g/mol. The minimum atomic E-state index is -0.262. The molecule has 1 atom stereocenters. The van der Waals surface area contributed by atoms with Crippen molar-refractivity contribution in [3.8, 4) is 5.75 Å². The Kier molecular flexibility index (Phi) is 6.20. The summed E-state index contributed by atoms with van der Waals surface area (Å²) < 4.78 is 5.18. The molecule has 0 radical (unpaired) electrons. The number of carbonyl (C=O) groups excluding carboxylic acids is 1. The van der Waals surface area contributed by atoms with Crippen LogP contribution in [0.4, 0.5) is 5.69 Å². The van der Waals surface area contributed by atoms with Gasteiger partial charge in [-0.05, 0) is 94.0 Å². The highest BCUT2D eigenvalue weighted by atomic mass is 16.5. The summed E-state index contributed by atoms with van der Waals surface area (Å²) in [7, 11) is 1.58. The first-order chi connectivity index (χ1) is 14.1. The van der Waals surface area contributed by atoms with Crippen LogP contribution in [-0.2, 0) is 0 Å². The first kappa shape index (κ1) is 21.9. The molecule has 0 aromatic heterocycles. The van der Waals surface area contributed by atoms with Gasteiger partial charge in [0.15, 0.2) is 0 Å². The molecule has 0 saturated carbocycles. The Labute approximate surface area is 180 Å². The third-order valence-electron chi connectivity index (χ3n) is 5.88. The average molecular weight is 408 g/mol. The van der Waals surface area contributed by atoms with E-state index in [0.29, 0.717) is 23.3 Å². The molecule has 1 aliphatic heterocycles. The first-order valence-corrected chi connectivity index (χ1v) is 10.6. The van der Waals surface area contributed by atoms with Crippen molar-refractivity contribution in [1.29, 1.82) is 0 Å². The van der Waals surface area contributed by atoms with Gasteiger partial charge in [-0.25, -0.2) is 5.43 Å². The Hall–Kier alpha value is -2.82. The quantitative estimate of drug-likeness (QED) is 0.543. The molecule has 0 bridgehead atoms. The van der Waals surface area contributed by atoms with Crippen LogP contribution >= 0.6 is 0 Å². The van der Waals surface area contributed by atoms with Crippen molar-refractivity contribution in [2.75, 3.05) is 12.0 Å². The number of amides is 1. The number of carbonyl (C=O) groups is 1. The van der Waals surface area contributed by atoms with E-state index < -0.39 is 0 Å². The fourth-order valence-electron chi connectivity index (χ4n) is 4.72. The van der Waals surface area contributed by atoms with Crippen LogP contribution in [0.3, 0.4) is 0 Å². The van der Waals surface area contributed by atoms with Crippen LogP contribution in [0, 0.1) is 6.92 Å². The lowest BCUT2D eigenvalue weighted by Crippen LogP contribution is -2.51. The SMILES string of the molecule is COc1cccc(C(=O)N/N=C/c2cc3c(cc2C)N(C(C)C)C(C)(C)CC3C)c1. The highest BCUT2D eigenvalue weighted by molar-refractivity contribution is 5.95. The molecule has 1 N–H and O–H groups in total. The molecule has 0 saturated heterocycles. The zero-order valence-electron chi connectivity index (χ0n) is 19.1. The number of ether oxygens (including phenoxy) is 1. The second-order valence-corrected chi connectivity index (χ2v) is 9.08. The fourth-order valence-corrected chi connectivity index (χ4v) is 4.72. The van der Waals surface area contributed by atoms with Gasteiger partial charge in [0.1, 0.15) is 5.75 Å². The Morgan fingerprint density at radius 1 is 1.30 bits per heavy atom. The Morgan fingerprint density at radius 3 is 2.70 bits per heavy atom. The summed E-state index contributed by atoms with van der Waals surface area (Å²) in [6.07, 6.45) is 2.84. The molecule has 3 rings (SSSR count). The first-order valence-electron chi connectivity index (χ1n) is 10.6. The molecule has 1 unspecified atom stereocenters. The molecule has 0 fully saturated rings. The summed E-state index contributed by atoms with van der Waals surface area (Å²) in [5.41, 5.74) is 8.07. The largest absolute Gasteiger partial charge is 0.497 e. The third-order valence-corrected chi connectivity index (χ3v) is 5.88. The molecule has 0 spiro atoms. The molecule has 30 heavy (non-hydrogen) atoms. The topological polar surface area (TPSA) is 53.9 Å². The predicted molar refractivity (Wildman–Crippen MR) is 124 cm³/mol. The van der Waals surface area contributed by atoms with Gasteiger partial charge in [0.25, 0.3) is 5.91 Å². The number of nitrogens with zero attached hydrogens (tertiary/aromatic N) is 2. The van der Waals surface area contributed by atoms with Gasteiger partial charge >= 0.3 is 0 Å². The lowest BCUT2D eigenvalue weighted by atomic mass is 9.78. The molecule has 2 aromatic carbocycles. The minimum absolute atomic E-state index is 0.118. The number of fused-ring (bicyclic) bond motifs is 1. The van der Waals surface area contributed by atoms with Crippen molar-refractivity contribution in [2.24, 2.45) is 5.10 Å². The molecular formula is C25H33N3O2. The fraction of sp³-hybridized carbons (Fsp3) is 0.440. The summed E-state index contributed by atoms with van der Waals surface area (Å²) in [6, 6.07) is 11.9. The molecule has 5 heteroatoms. The van der Waals surface area contributed by atoms with E-state index in [9.17, 15) is 4.79 Å². The van der Waals surface area contributed by atoms with Crippen LogP contribution in [0.1, 0.15) is 74.0 Å². The number of methoxy groups -OCH3 is 1. The van der Waals surface area contributed by atoms with E-state index >= 15 is 0 Å². The summed E-state index contributed by atoms with van der Waals surface area (Å²) >= 11 is 0. The number of hydrogen-bond donors (Lipinski definition) is 1. The normalized spacial score (nSPS) is 17.9. The van der Waals surface area contributed by atoms with E-state index in [2.05, 4.69) is 69.1 Å². The van der Waals surface area contributed by atoms with Crippen LogP contribution in [0.5, 0.6) is 5.75 Å². The maximum atomic E-state index is 12.4. The van der Waals surface area contributed by atoms with E-state index in [-0.39, 0.29) is 11.4 Å². The van der Waals surface area contributed by atoms with E-state index in [1.165, 1.54) is 11.3 Å². The second-order valence-electron chi connectivity index (χ2n) is 9.08. The number of hydrogen-bond acceptors (Lipinski definition) is 4. The smallest absolute Gasteiger partial charge is 0.271 e. The summed E-state index contributed by atoms with van der Waals surface area (Å²) in [6.45, 7) is 13.5. The Balaban J connectivity index is 1.84. The van der Waals surface area contributed by atoms with Gasteiger partial charge in [-0.3, -0.25) is 4.79 Å². The molecule has 1 amide bonds. The van der Waals surface area contributed by atoms with Gasteiger partial charge in [-0.2, -0.15) is 5.10 Å². The zero-order chi connectivity index (χ0) is 22.1. The highest BCUT2D eigenvalue weighted by Gasteiger charge is 2.37. The lowest BCUT2D eigenvalue weighted by molar-refractivity contribution is 0.0955. The standard InChI is InChI=1S/C25H33N3O2/c1-16(2)28-23-11-17(3)20(13-22(23)18(4)14-25(28,5)6)15-26-27-24(29)19-9-8-10-21(12-19)30-7/h8-13,15-16,18H,14H2,1-7H3,(H,27,29)/b26-15+. The van der Waals surface area contributed by atoms with Crippen molar-refractivity contribution in [3.63, 3.8) is 0 Å². The van der Waals surface area contributed by atoms with E-state index in [4.69, 9.17) is 4.74 Å². The Bertz CT molecular complexity index is 963. The third kappa shape index (κ3) is 4.35. The van der Waals surface area contributed by atoms with Gasteiger partial charge < -0.3 is 9.64 Å². The molecule has 1 aliphatic rings. The summed E-state index contributed by atoms with van der Waals surface area (Å²) in [4.78, 5) is 14.9. The predicted octanol–water partition coefficient (Wildman–Crippen LogP) is 5.27. The maximum Gasteiger partial charge on any atom is 0.271 e. The Morgan fingerprint density at radius 2 is 2.03 bits per heavy atom. The molecule has 5 nitrogen and oxygen atoms in total. The average Bonchev–Trinajstić information content (AvgIpc) is 2.67. The van der Waals surface area contributed by atoms with Crippen LogP contribution in [0.15, 0.2) is 41.5 Å². The van der Waals surface area contributed by atoms with E-state index in [0.717, 1.165) is 17.5 Å². The number of anilines is 1. The van der Waals surface area contributed by atoms with Crippen LogP contribution < -0.4 is 15.1 Å². The number of rotatable bonds is 5. The van der Waals surface area contributed by atoms with Gasteiger partial charge in [0.05, 0.1) is 13.3 Å². The number of nitrogens with one attached hydrogen (secondary N) is 1. The van der Waals surface area contributed by atoms with Crippen molar-refractivity contribution in [3.05, 3.63) is 58.7 Å². The molecule has 1 heterocycles. The van der Waals surface area contributed by atoms with Gasteiger partial charge in [0, 0.05) is 22.8 Å². The van der Waals surface area contributed by atoms with Gasteiger partial charge in [0.2, 0.25) is 0 Å². The molecule has 2 aromatic rings. The lowest BCUT2D eigenvalue weighted by Gasteiger charge is -2.50. The van der Waals surface area contributed by atoms with Gasteiger partial charge in [-0.15, -0.1) is 0 Å². The van der Waals surface area contributed by atoms with Gasteiger partial charge in [-0.1, -0.05) is 13.0 Å². The summed E-state index contributed by atoms with van der Waals surface area (Å²) in [5.74, 6) is 0.842. The molecule has 160 valence electrons. The molecular weight excluding hydrogens is 374 g/mol. The van der Waals surface area contributed by atoms with E-state index in [1.807, 2.05) is 0 Å². The highest BCUT2D eigenvalue weighted by Crippen LogP contribution is 2.45.